The summed E-state index contributed by atoms with van der Waals surface area (Å²) in [7, 11) is 1.98. The van der Waals surface area contributed by atoms with Gasteiger partial charge < -0.3 is 29.5 Å². The minimum Gasteiger partial charge on any atom is -0.506 e. The Labute approximate surface area is 518 Å². The zero-order valence-corrected chi connectivity index (χ0v) is 52.2. The van der Waals surface area contributed by atoms with Crippen molar-refractivity contribution in [3.05, 3.63) is 248 Å². The average molecular weight is 1170 g/mol. The van der Waals surface area contributed by atoms with Crippen molar-refractivity contribution in [1.82, 2.24) is 48.9 Å². The van der Waals surface area contributed by atoms with E-state index in [4.69, 9.17) is 19.9 Å². The van der Waals surface area contributed by atoms with Crippen LogP contribution in [0.15, 0.2) is 146 Å². The first-order valence-corrected chi connectivity index (χ1v) is 30.2. The number of phenolic OH excluding ortho intramolecular Hbond substituents is 1. The molecule has 8 bridgehead atoms. The van der Waals surface area contributed by atoms with E-state index in [1.807, 2.05) is 78.0 Å². The molecule has 6 aromatic heterocycles. The minimum absolute atomic E-state index is 0.185. The molecule has 2 aliphatic rings. The molecule has 0 aliphatic carbocycles. The van der Waals surface area contributed by atoms with Gasteiger partial charge in [0.05, 0.1) is 58.3 Å². The van der Waals surface area contributed by atoms with E-state index in [2.05, 4.69) is 179 Å². The number of pyridine rings is 1. The Morgan fingerprint density at radius 1 is 0.517 bits per heavy atom. The molecule has 13 nitrogen and oxygen atoms in total. The van der Waals surface area contributed by atoms with Gasteiger partial charge in [-0.3, -0.25) is 14.7 Å². The van der Waals surface area contributed by atoms with Crippen LogP contribution in [-0.2, 0) is 26.7 Å². The number of aromatic nitrogens is 9. The monoisotopic (exact) mass is 1170 g/mol. The number of phenols is 1. The molecule has 0 radical (unpaired) electrons. The van der Waals surface area contributed by atoms with Crippen molar-refractivity contribution < 1.29 is 9.90 Å². The molecule has 0 saturated carbocycles. The number of fused-ring (bicyclic) bond motifs is 8. The number of aromatic amines is 2. The van der Waals surface area contributed by atoms with E-state index < -0.39 is 0 Å². The van der Waals surface area contributed by atoms with E-state index in [1.54, 1.807) is 24.8 Å². The molecular weight excluding hydrogens is 1100 g/mol. The lowest BCUT2D eigenvalue weighted by molar-refractivity contribution is 0.102. The fourth-order valence-corrected chi connectivity index (χ4v) is 13.5. The molecule has 89 heavy (non-hydrogen) atoms. The molecule has 0 spiro atoms. The number of hydrogen-bond donors (Lipinski definition) is 4. The van der Waals surface area contributed by atoms with Crippen molar-refractivity contribution >= 4 is 58.0 Å². The fourth-order valence-electron chi connectivity index (χ4n) is 13.5. The molecule has 0 fully saturated rings. The second kappa shape index (κ2) is 23.3. The number of para-hydroxylation sites is 1. The molecular formula is C76H71N11O2. The molecule has 0 atom stereocenters. The topological polar surface area (TPSA) is 158 Å². The fraction of sp³-hybridized carbons (Fsp3) is 0.184. The number of nitrogens with one attached hydrogen (secondary N) is 3. The summed E-state index contributed by atoms with van der Waals surface area (Å²) in [5.74, 6) is 0.761. The first-order valence-electron chi connectivity index (χ1n) is 30.2. The molecule has 2 aliphatic heterocycles. The van der Waals surface area contributed by atoms with Crippen LogP contribution in [0.3, 0.4) is 0 Å². The summed E-state index contributed by atoms with van der Waals surface area (Å²) in [6.45, 7) is 23.0. The minimum atomic E-state index is -0.307. The van der Waals surface area contributed by atoms with Crippen molar-refractivity contribution in [2.45, 2.75) is 88.9 Å². The normalized spacial score (nSPS) is 12.0. The third-order valence-electron chi connectivity index (χ3n) is 17.2. The predicted octanol–water partition coefficient (Wildman–Crippen LogP) is 16.9. The SMILES string of the molecule is Cc1cc(C)c(-c2c3nc(c(-c4c(C)cc(C)cc4C)c4ccc([nH]4)c(-c4c(C)cc(C)cc4C)c4nc(c(-c5ccccc5NC(=O)c5ccc(CN(Cc6cn(-c7ccc(C)cc7O)cn6)Cc6nccn6C)nc5)c5ccc2[nH]5)C=C4)C=C3)c(C)c1. The van der Waals surface area contributed by atoms with Gasteiger partial charge >= 0.3 is 0 Å². The van der Waals surface area contributed by atoms with Gasteiger partial charge in [-0.25, -0.2) is 19.9 Å². The highest BCUT2D eigenvalue weighted by atomic mass is 16.3. The molecule has 0 unspecified atom stereocenters. The van der Waals surface area contributed by atoms with Gasteiger partial charge in [0.2, 0.25) is 0 Å². The van der Waals surface area contributed by atoms with Gasteiger partial charge in [0, 0.05) is 100 Å². The Morgan fingerprint density at radius 2 is 1.01 bits per heavy atom. The molecule has 4 N–H and O–H groups in total. The summed E-state index contributed by atoms with van der Waals surface area (Å²) >= 11 is 0. The molecule has 11 aromatic rings. The first kappa shape index (κ1) is 57.6. The Morgan fingerprint density at radius 3 is 1.49 bits per heavy atom. The smallest absolute Gasteiger partial charge is 0.257 e. The molecule has 13 rings (SSSR count). The number of carbonyl (C=O) groups is 1. The van der Waals surface area contributed by atoms with Crippen LogP contribution in [0.25, 0.3) is 96.6 Å². The highest BCUT2D eigenvalue weighted by Crippen LogP contribution is 2.43. The van der Waals surface area contributed by atoms with Crippen LogP contribution in [0.2, 0.25) is 0 Å². The quantitative estimate of drug-likeness (QED) is 0.0888. The summed E-state index contributed by atoms with van der Waals surface area (Å²) in [6.07, 6.45) is 17.6. The number of imidazole rings is 2. The maximum atomic E-state index is 14.7. The van der Waals surface area contributed by atoms with E-state index in [0.717, 1.165) is 134 Å². The number of anilines is 1. The Bertz CT molecular complexity index is 4790. The molecule has 5 aromatic carbocycles. The maximum absolute atomic E-state index is 14.7. The van der Waals surface area contributed by atoms with Crippen LogP contribution in [0.4, 0.5) is 5.69 Å². The third-order valence-corrected chi connectivity index (χ3v) is 17.2. The van der Waals surface area contributed by atoms with E-state index in [9.17, 15) is 9.90 Å². The zero-order chi connectivity index (χ0) is 61.9. The summed E-state index contributed by atoms with van der Waals surface area (Å²) in [4.78, 5) is 50.4. The van der Waals surface area contributed by atoms with Crippen LogP contribution in [0.1, 0.15) is 106 Å². The van der Waals surface area contributed by atoms with Crippen molar-refractivity contribution in [2.75, 3.05) is 5.32 Å². The lowest BCUT2D eigenvalue weighted by Gasteiger charge is -2.21. The number of amides is 1. The van der Waals surface area contributed by atoms with Gasteiger partial charge in [-0.15, -0.1) is 0 Å². The average Bonchev–Trinajstić information content (AvgIpc) is 1.67. The van der Waals surface area contributed by atoms with E-state index in [0.29, 0.717) is 36.6 Å². The highest BCUT2D eigenvalue weighted by Gasteiger charge is 2.25. The second-order valence-corrected chi connectivity index (χ2v) is 24.2. The Balaban J connectivity index is 0.948. The number of rotatable bonds is 13. The second-order valence-electron chi connectivity index (χ2n) is 24.2. The summed E-state index contributed by atoms with van der Waals surface area (Å²) < 4.78 is 3.83. The first-order chi connectivity index (χ1) is 42.9. The molecule has 442 valence electrons. The van der Waals surface area contributed by atoms with Crippen LogP contribution < -0.4 is 5.32 Å². The van der Waals surface area contributed by atoms with Gasteiger partial charge in [-0.1, -0.05) is 77.4 Å². The van der Waals surface area contributed by atoms with Gasteiger partial charge in [0.1, 0.15) is 11.6 Å². The lowest BCUT2D eigenvalue weighted by Crippen LogP contribution is -2.25. The Kier molecular flexibility index (Phi) is 15.1. The van der Waals surface area contributed by atoms with E-state index in [1.165, 1.54) is 27.8 Å². The summed E-state index contributed by atoms with van der Waals surface area (Å²) in [5.41, 5.74) is 29.6. The number of hydrogen-bond acceptors (Lipinski definition) is 8. The largest absolute Gasteiger partial charge is 0.506 e. The van der Waals surface area contributed by atoms with Gasteiger partial charge in [0.15, 0.2) is 0 Å². The number of nitrogens with zero attached hydrogens (tertiary/aromatic N) is 8. The van der Waals surface area contributed by atoms with Crippen molar-refractivity contribution in [3.63, 3.8) is 0 Å². The van der Waals surface area contributed by atoms with Crippen molar-refractivity contribution in [2.24, 2.45) is 7.05 Å². The third kappa shape index (κ3) is 11.2. The van der Waals surface area contributed by atoms with Crippen LogP contribution in [0, 0.1) is 69.2 Å². The van der Waals surface area contributed by atoms with E-state index in [-0.39, 0.29) is 11.7 Å². The number of benzene rings is 5. The number of carbonyl (C=O) groups excluding carboxylic acids is 1. The maximum Gasteiger partial charge on any atom is 0.257 e. The van der Waals surface area contributed by atoms with Crippen LogP contribution in [0.5, 0.6) is 5.75 Å². The van der Waals surface area contributed by atoms with Crippen molar-refractivity contribution in [3.8, 4) is 55.9 Å². The number of H-pyrrole nitrogens is 2. The standard InChI is InChI=1S/C76H71N11O2/c1-43-16-27-66(67(88)36-43)87-40-55(79-42-87)39-86(41-68-77-28-29-85(68)11)38-54-18-17-53(37-78-54)76(89)84-57-15-13-12-14-56(57)72-58-19-21-60(80-58)73(69-47(5)30-44(2)31-48(69)6)62-23-25-64(82-62)75(71-51(9)34-46(4)35-52(71)10)65-26-24-63(83-65)74(61-22-20-59(72)81-61)70-49(7)32-45(3)33-50(70)8/h12-37,40,42,80,83,88H,38-39,41H2,1-11H3,(H,84,89). The predicted molar refractivity (Wildman–Crippen MR) is 362 cm³/mol. The van der Waals surface area contributed by atoms with Gasteiger partial charge in [0.25, 0.3) is 5.91 Å². The van der Waals surface area contributed by atoms with Gasteiger partial charge in [-0.05, 0) is 204 Å². The summed E-state index contributed by atoms with van der Waals surface area (Å²) in [6, 6.07) is 39.5. The van der Waals surface area contributed by atoms with E-state index >= 15 is 0 Å². The van der Waals surface area contributed by atoms with Crippen molar-refractivity contribution in [1.29, 1.82) is 0 Å². The zero-order valence-electron chi connectivity index (χ0n) is 52.2. The van der Waals surface area contributed by atoms with Gasteiger partial charge in [-0.2, -0.15) is 0 Å². The lowest BCUT2D eigenvalue weighted by atomic mass is 9.92. The molecule has 0 saturated heterocycles. The Hall–Kier alpha value is -10.5. The molecule has 8 heterocycles. The number of aryl methyl sites for hydroxylation is 11. The molecule has 1 amide bonds. The van der Waals surface area contributed by atoms with Crippen LogP contribution in [-0.4, -0.2) is 59.9 Å². The summed E-state index contributed by atoms with van der Waals surface area (Å²) in [5, 5.41) is 14.1. The number of aromatic hydroxyl groups is 1. The van der Waals surface area contributed by atoms with Crippen LogP contribution >= 0.6 is 0 Å². The molecule has 13 heteroatoms. The highest BCUT2D eigenvalue weighted by molar-refractivity contribution is 6.08.